The number of amides is 1. The van der Waals surface area contributed by atoms with Crippen LogP contribution in [0.15, 0.2) is 42.0 Å². The Kier molecular flexibility index (Phi) is 4.95. The molecular weight excluding hydrogens is 352 g/mol. The monoisotopic (exact) mass is 366 g/mol. The topological polar surface area (TPSA) is 118 Å². The number of carboxylic acid groups (broad SMARTS) is 1. The molecule has 2 aromatic rings. The summed E-state index contributed by atoms with van der Waals surface area (Å²) in [5.41, 5.74) is 0.855. The summed E-state index contributed by atoms with van der Waals surface area (Å²) in [5, 5.41) is 20.8. The molecule has 27 heavy (non-hydrogen) atoms. The van der Waals surface area contributed by atoms with Crippen molar-refractivity contribution in [2.75, 3.05) is 19.2 Å². The van der Waals surface area contributed by atoms with Crippen molar-refractivity contribution in [2.24, 2.45) is 0 Å². The third kappa shape index (κ3) is 3.82. The van der Waals surface area contributed by atoms with Gasteiger partial charge >= 0.3 is 5.97 Å². The first-order chi connectivity index (χ1) is 13.0. The Morgan fingerprint density at radius 1 is 1.26 bits per heavy atom. The van der Waals surface area contributed by atoms with E-state index in [1.54, 1.807) is 12.1 Å². The van der Waals surface area contributed by atoms with Crippen molar-refractivity contribution >= 4 is 23.6 Å². The van der Waals surface area contributed by atoms with Crippen molar-refractivity contribution in [3.05, 3.63) is 53.1 Å². The first kappa shape index (κ1) is 17.8. The van der Waals surface area contributed by atoms with E-state index in [9.17, 15) is 14.9 Å². The molecule has 136 valence electrons. The predicted molar refractivity (Wildman–Crippen MR) is 94.7 cm³/mol. The Morgan fingerprint density at radius 3 is 2.63 bits per heavy atom. The summed E-state index contributed by atoms with van der Waals surface area (Å²) in [6.07, 6.45) is 1.39. The number of carbonyl (C=O) groups excluding carboxylic acids is 1. The molecule has 2 aromatic carbocycles. The van der Waals surface area contributed by atoms with Gasteiger partial charge in [-0.15, -0.1) is 0 Å². The van der Waals surface area contributed by atoms with Crippen LogP contribution in [0.25, 0.3) is 6.08 Å². The van der Waals surface area contributed by atoms with Gasteiger partial charge in [-0.1, -0.05) is 0 Å². The Balaban J connectivity index is 1.83. The van der Waals surface area contributed by atoms with Gasteiger partial charge in [0.25, 0.3) is 5.91 Å². The highest BCUT2D eigenvalue weighted by atomic mass is 16.7. The largest absolute Gasteiger partial charge is 0.493 e. The number of nitrogens with one attached hydrogen (secondary N) is 1. The van der Waals surface area contributed by atoms with Gasteiger partial charge in [0.2, 0.25) is 12.5 Å². The number of anilines is 1. The van der Waals surface area contributed by atoms with Gasteiger partial charge in [0.05, 0.1) is 12.7 Å². The smallest absolute Gasteiger partial charge is 0.335 e. The van der Waals surface area contributed by atoms with Gasteiger partial charge in [0.15, 0.2) is 11.5 Å². The lowest BCUT2D eigenvalue weighted by atomic mass is 10.1. The average Bonchev–Trinajstić information content (AvgIpc) is 3.14. The number of aromatic carboxylic acids is 1. The molecule has 3 rings (SSSR count). The van der Waals surface area contributed by atoms with E-state index in [0.29, 0.717) is 28.5 Å². The average molecular weight is 366 g/mol. The summed E-state index contributed by atoms with van der Waals surface area (Å²) in [6.45, 7) is 0.0663. The van der Waals surface area contributed by atoms with Crippen LogP contribution in [0.1, 0.15) is 15.9 Å². The van der Waals surface area contributed by atoms with Crippen LogP contribution < -0.4 is 19.5 Å². The summed E-state index contributed by atoms with van der Waals surface area (Å²) >= 11 is 0. The summed E-state index contributed by atoms with van der Waals surface area (Å²) in [7, 11) is 1.48. The molecule has 2 N–H and O–H groups in total. The molecule has 1 heterocycles. The zero-order valence-corrected chi connectivity index (χ0v) is 14.2. The number of carbonyl (C=O) groups is 2. The minimum Gasteiger partial charge on any atom is -0.493 e. The van der Waals surface area contributed by atoms with Crippen molar-refractivity contribution in [3.63, 3.8) is 0 Å². The molecule has 1 amide bonds. The third-order valence-electron chi connectivity index (χ3n) is 3.75. The molecular formula is C19H14N2O6. The summed E-state index contributed by atoms with van der Waals surface area (Å²) < 4.78 is 15.9. The van der Waals surface area contributed by atoms with E-state index in [-0.39, 0.29) is 17.9 Å². The molecule has 0 fully saturated rings. The number of nitrogens with zero attached hydrogens (tertiary/aromatic N) is 1. The Labute approximate surface area is 154 Å². The highest BCUT2D eigenvalue weighted by Crippen LogP contribution is 2.42. The lowest BCUT2D eigenvalue weighted by Crippen LogP contribution is -2.13. The number of ether oxygens (including phenoxy) is 3. The lowest BCUT2D eigenvalue weighted by molar-refractivity contribution is -0.112. The number of hydrogen-bond acceptors (Lipinski definition) is 6. The first-order valence-corrected chi connectivity index (χ1v) is 7.76. The standard InChI is InChI=1S/C19H14N2O6/c1-25-15-7-11(8-16-17(15)27-10-26-16)6-13(9-20)18(22)21-14-4-2-12(3-5-14)19(23)24/h2-8H,10H2,1H3,(H,21,22)(H,23,24)/b13-6+. The molecule has 0 aliphatic carbocycles. The molecule has 8 heteroatoms. The maximum absolute atomic E-state index is 12.3. The molecule has 0 aromatic heterocycles. The number of nitriles is 1. The number of benzene rings is 2. The molecule has 0 radical (unpaired) electrons. The van der Waals surface area contributed by atoms with E-state index in [0.717, 1.165) is 0 Å². The molecule has 0 unspecified atom stereocenters. The number of carboxylic acids is 1. The van der Waals surface area contributed by atoms with E-state index in [1.165, 1.54) is 37.5 Å². The van der Waals surface area contributed by atoms with Crippen molar-refractivity contribution in [1.82, 2.24) is 0 Å². The summed E-state index contributed by atoms with van der Waals surface area (Å²) in [6, 6.07) is 10.7. The van der Waals surface area contributed by atoms with Gasteiger partial charge in [0, 0.05) is 5.69 Å². The SMILES string of the molecule is COc1cc(/C=C(\C#N)C(=O)Nc2ccc(C(=O)O)cc2)cc2c1OCO2. The number of fused-ring (bicyclic) bond motifs is 1. The van der Waals surface area contributed by atoms with E-state index in [2.05, 4.69) is 5.32 Å². The van der Waals surface area contributed by atoms with Crippen LogP contribution >= 0.6 is 0 Å². The molecule has 1 aliphatic rings. The third-order valence-corrected chi connectivity index (χ3v) is 3.75. The van der Waals surface area contributed by atoms with E-state index < -0.39 is 11.9 Å². The molecule has 0 spiro atoms. The van der Waals surface area contributed by atoms with Crippen molar-refractivity contribution in [3.8, 4) is 23.3 Å². The van der Waals surface area contributed by atoms with Gasteiger partial charge in [-0.25, -0.2) is 4.79 Å². The first-order valence-electron chi connectivity index (χ1n) is 7.76. The summed E-state index contributed by atoms with van der Waals surface area (Å²) in [5.74, 6) is -0.337. The number of hydrogen-bond donors (Lipinski definition) is 2. The van der Waals surface area contributed by atoms with Crippen LogP contribution in [0.2, 0.25) is 0 Å². The quantitative estimate of drug-likeness (QED) is 0.617. The zero-order chi connectivity index (χ0) is 19.4. The van der Waals surface area contributed by atoms with Gasteiger partial charge in [-0.3, -0.25) is 4.79 Å². The van der Waals surface area contributed by atoms with Crippen LogP contribution in [0.4, 0.5) is 5.69 Å². The normalized spacial score (nSPS) is 12.2. The second-order valence-corrected chi connectivity index (χ2v) is 5.46. The Bertz CT molecular complexity index is 973. The van der Waals surface area contributed by atoms with E-state index in [1.807, 2.05) is 6.07 Å². The lowest BCUT2D eigenvalue weighted by Gasteiger charge is -2.07. The second kappa shape index (κ2) is 7.49. The van der Waals surface area contributed by atoms with Gasteiger partial charge < -0.3 is 24.6 Å². The fourth-order valence-electron chi connectivity index (χ4n) is 2.44. The van der Waals surface area contributed by atoms with Crippen LogP contribution in [0.3, 0.4) is 0 Å². The molecule has 0 atom stereocenters. The van der Waals surface area contributed by atoms with Crippen LogP contribution in [0, 0.1) is 11.3 Å². The van der Waals surface area contributed by atoms with Gasteiger partial charge in [-0.2, -0.15) is 5.26 Å². The maximum atomic E-state index is 12.3. The molecule has 0 saturated carbocycles. The highest BCUT2D eigenvalue weighted by molar-refractivity contribution is 6.09. The highest BCUT2D eigenvalue weighted by Gasteiger charge is 2.20. The maximum Gasteiger partial charge on any atom is 0.335 e. The fourth-order valence-corrected chi connectivity index (χ4v) is 2.44. The van der Waals surface area contributed by atoms with Gasteiger partial charge in [0.1, 0.15) is 11.6 Å². The molecule has 8 nitrogen and oxygen atoms in total. The number of methoxy groups -OCH3 is 1. The minimum absolute atomic E-state index is 0.0663. The fraction of sp³-hybridized carbons (Fsp3) is 0.105. The van der Waals surface area contributed by atoms with Crippen molar-refractivity contribution < 1.29 is 28.9 Å². The zero-order valence-electron chi connectivity index (χ0n) is 14.2. The summed E-state index contributed by atoms with van der Waals surface area (Å²) in [4.78, 5) is 23.2. The molecule has 1 aliphatic heterocycles. The van der Waals surface area contributed by atoms with Crippen LogP contribution in [-0.2, 0) is 4.79 Å². The van der Waals surface area contributed by atoms with Crippen molar-refractivity contribution in [2.45, 2.75) is 0 Å². The second-order valence-electron chi connectivity index (χ2n) is 5.46. The van der Waals surface area contributed by atoms with Crippen molar-refractivity contribution in [1.29, 1.82) is 5.26 Å². The van der Waals surface area contributed by atoms with E-state index in [4.69, 9.17) is 19.3 Å². The van der Waals surface area contributed by atoms with Gasteiger partial charge in [-0.05, 0) is 48.0 Å². The minimum atomic E-state index is -1.07. The Morgan fingerprint density at radius 2 is 2.00 bits per heavy atom. The number of rotatable bonds is 5. The van der Waals surface area contributed by atoms with Crippen LogP contribution in [-0.4, -0.2) is 30.9 Å². The Hall–Kier alpha value is -3.99. The molecule has 0 bridgehead atoms. The predicted octanol–water partition coefficient (Wildman–Crippen LogP) is 2.67. The molecule has 0 saturated heterocycles. The van der Waals surface area contributed by atoms with E-state index >= 15 is 0 Å². The van der Waals surface area contributed by atoms with Crippen LogP contribution in [0.5, 0.6) is 17.2 Å².